The molecule has 0 unspecified atom stereocenters. The Balaban J connectivity index is 1.88. The van der Waals surface area contributed by atoms with Crippen LogP contribution < -0.4 is 9.47 Å². The number of ether oxygens (including phenoxy) is 3. The lowest BCUT2D eigenvalue weighted by Crippen LogP contribution is -2.39. The molecule has 0 N–H and O–H groups in total. The minimum absolute atomic E-state index is 0.132. The predicted octanol–water partition coefficient (Wildman–Crippen LogP) is 4.76. The van der Waals surface area contributed by atoms with Gasteiger partial charge in [0.25, 0.3) is 0 Å². The van der Waals surface area contributed by atoms with E-state index in [1.54, 1.807) is 14.2 Å². The third-order valence-corrected chi connectivity index (χ3v) is 7.50. The fourth-order valence-corrected chi connectivity index (χ4v) is 6.13. The summed E-state index contributed by atoms with van der Waals surface area (Å²) in [6.45, 7) is 1.52. The predicted molar refractivity (Wildman–Crippen MR) is 138 cm³/mol. The molecule has 0 saturated heterocycles. The smallest absolute Gasteiger partial charge is 0.175 e. The molecule has 1 aliphatic heterocycles. The molecule has 0 fully saturated rings. The number of allylic oxidation sites excluding steroid dienone is 4. The standard InChI is InChI=1S/C27H30INO5/c1-4-13-34-27-18(28)15-17(16-23(27)33-3)24-25-19(8-5-10-21(25)30)29(12-7-14-32-2)20-9-6-11-22(31)26(20)24/h1,15-16,24H,5-14H2,2-3H3. The fourth-order valence-electron chi connectivity index (χ4n) is 5.35. The Morgan fingerprint density at radius 1 is 1.06 bits per heavy atom. The lowest BCUT2D eigenvalue weighted by Gasteiger charge is -2.44. The van der Waals surface area contributed by atoms with Crippen LogP contribution in [0.3, 0.4) is 0 Å². The van der Waals surface area contributed by atoms with E-state index in [1.807, 2.05) is 12.1 Å². The Morgan fingerprint density at radius 3 is 2.26 bits per heavy atom. The van der Waals surface area contributed by atoms with Crippen LogP contribution in [0.4, 0.5) is 0 Å². The van der Waals surface area contributed by atoms with Crippen LogP contribution in [-0.4, -0.2) is 50.4 Å². The summed E-state index contributed by atoms with van der Waals surface area (Å²) in [4.78, 5) is 29.1. The van der Waals surface area contributed by atoms with E-state index in [2.05, 4.69) is 33.4 Å². The topological polar surface area (TPSA) is 65.1 Å². The molecule has 0 saturated carbocycles. The van der Waals surface area contributed by atoms with Gasteiger partial charge < -0.3 is 19.1 Å². The summed E-state index contributed by atoms with van der Waals surface area (Å²) in [5.74, 6) is 3.50. The number of terminal acetylenes is 1. The van der Waals surface area contributed by atoms with Crippen molar-refractivity contribution in [2.75, 3.05) is 34.0 Å². The zero-order valence-corrected chi connectivity index (χ0v) is 21.9. The Hall–Kier alpha value is -2.31. The minimum Gasteiger partial charge on any atom is -0.493 e. The number of halogens is 1. The highest BCUT2D eigenvalue weighted by molar-refractivity contribution is 14.1. The molecule has 34 heavy (non-hydrogen) atoms. The second-order valence-electron chi connectivity index (χ2n) is 8.73. The highest BCUT2D eigenvalue weighted by Gasteiger charge is 2.43. The van der Waals surface area contributed by atoms with Crippen molar-refractivity contribution in [3.63, 3.8) is 0 Å². The average Bonchev–Trinajstić information content (AvgIpc) is 2.83. The number of Topliss-reactive ketones (excluding diaryl/α,β-unsaturated/α-hetero) is 2. The second-order valence-corrected chi connectivity index (χ2v) is 9.89. The molecule has 1 aromatic carbocycles. The van der Waals surface area contributed by atoms with Crippen LogP contribution >= 0.6 is 22.6 Å². The number of methoxy groups -OCH3 is 2. The summed E-state index contributed by atoms with van der Waals surface area (Å²) in [7, 11) is 3.28. The van der Waals surface area contributed by atoms with E-state index in [0.717, 1.165) is 70.3 Å². The monoisotopic (exact) mass is 575 g/mol. The van der Waals surface area contributed by atoms with Gasteiger partial charge in [-0.1, -0.05) is 5.92 Å². The normalized spacial score (nSPS) is 18.6. The first-order valence-corrected chi connectivity index (χ1v) is 12.8. The molecule has 0 radical (unpaired) electrons. The van der Waals surface area contributed by atoms with Gasteiger partial charge in [0.05, 0.1) is 10.7 Å². The quantitative estimate of drug-likeness (QED) is 0.253. The first-order chi connectivity index (χ1) is 16.5. The van der Waals surface area contributed by atoms with Gasteiger partial charge in [0.15, 0.2) is 23.1 Å². The molecule has 0 atom stereocenters. The van der Waals surface area contributed by atoms with E-state index in [-0.39, 0.29) is 24.1 Å². The van der Waals surface area contributed by atoms with Crippen molar-refractivity contribution >= 4 is 34.2 Å². The van der Waals surface area contributed by atoms with E-state index in [1.165, 1.54) is 0 Å². The van der Waals surface area contributed by atoms with Crippen LogP contribution in [0.15, 0.2) is 34.7 Å². The lowest BCUT2D eigenvalue weighted by atomic mass is 9.71. The number of rotatable bonds is 8. The first kappa shape index (κ1) is 24.8. The highest BCUT2D eigenvalue weighted by atomic mass is 127. The van der Waals surface area contributed by atoms with Gasteiger partial charge in [0.1, 0.15) is 6.61 Å². The van der Waals surface area contributed by atoms with Gasteiger partial charge in [-0.25, -0.2) is 0 Å². The molecular weight excluding hydrogens is 545 g/mol. The zero-order chi connectivity index (χ0) is 24.2. The lowest BCUT2D eigenvalue weighted by molar-refractivity contribution is -0.117. The number of carbonyl (C=O) groups excluding carboxylic acids is 2. The molecule has 0 aromatic heterocycles. The highest BCUT2D eigenvalue weighted by Crippen LogP contribution is 2.50. The van der Waals surface area contributed by atoms with Gasteiger partial charge in [-0.3, -0.25) is 9.59 Å². The Bertz CT molecular complexity index is 1050. The van der Waals surface area contributed by atoms with Crippen LogP contribution in [0.25, 0.3) is 0 Å². The summed E-state index contributed by atoms with van der Waals surface area (Å²) in [6, 6.07) is 3.90. The minimum atomic E-state index is -0.381. The van der Waals surface area contributed by atoms with Crippen molar-refractivity contribution in [1.82, 2.24) is 4.90 Å². The molecule has 1 aromatic rings. The molecule has 0 amide bonds. The first-order valence-electron chi connectivity index (χ1n) is 11.7. The third-order valence-electron chi connectivity index (χ3n) is 6.70. The number of hydrogen-bond acceptors (Lipinski definition) is 6. The molecule has 7 heteroatoms. The van der Waals surface area contributed by atoms with Crippen molar-refractivity contribution in [1.29, 1.82) is 0 Å². The van der Waals surface area contributed by atoms with Gasteiger partial charge in [0.2, 0.25) is 0 Å². The van der Waals surface area contributed by atoms with Gasteiger partial charge in [-0.2, -0.15) is 0 Å². The van der Waals surface area contributed by atoms with Crippen LogP contribution in [0, 0.1) is 15.9 Å². The van der Waals surface area contributed by atoms with Crippen LogP contribution in [0.1, 0.15) is 56.4 Å². The second kappa shape index (κ2) is 11.0. The largest absolute Gasteiger partial charge is 0.493 e. The summed E-state index contributed by atoms with van der Waals surface area (Å²) in [5.41, 5.74) is 4.58. The number of ketones is 2. The summed E-state index contributed by atoms with van der Waals surface area (Å²) in [5, 5.41) is 0. The van der Waals surface area contributed by atoms with Crippen molar-refractivity contribution in [2.45, 2.75) is 50.9 Å². The van der Waals surface area contributed by atoms with E-state index in [4.69, 9.17) is 20.6 Å². The molecule has 6 nitrogen and oxygen atoms in total. The molecule has 0 spiro atoms. The Morgan fingerprint density at radius 2 is 1.71 bits per heavy atom. The van der Waals surface area contributed by atoms with E-state index < -0.39 is 0 Å². The maximum absolute atomic E-state index is 13.4. The van der Waals surface area contributed by atoms with Crippen LogP contribution in [0.5, 0.6) is 11.5 Å². The molecule has 0 bridgehead atoms. The number of carbonyl (C=O) groups is 2. The fraction of sp³-hybridized carbons (Fsp3) is 0.481. The molecule has 2 aliphatic carbocycles. The Labute approximate surface area is 214 Å². The van der Waals surface area contributed by atoms with Gasteiger partial charge in [0, 0.05) is 61.6 Å². The summed E-state index contributed by atoms with van der Waals surface area (Å²) >= 11 is 2.20. The molecule has 1 heterocycles. The maximum atomic E-state index is 13.4. The molecule has 3 aliphatic rings. The van der Waals surface area contributed by atoms with E-state index in [0.29, 0.717) is 30.9 Å². The van der Waals surface area contributed by atoms with Crippen LogP contribution in [-0.2, 0) is 14.3 Å². The van der Waals surface area contributed by atoms with Crippen molar-refractivity contribution in [3.05, 3.63) is 43.8 Å². The van der Waals surface area contributed by atoms with E-state index in [9.17, 15) is 9.59 Å². The number of hydrogen-bond donors (Lipinski definition) is 0. The third kappa shape index (κ3) is 4.63. The summed E-state index contributed by atoms with van der Waals surface area (Å²) < 4.78 is 17.5. The van der Waals surface area contributed by atoms with Gasteiger partial charge >= 0.3 is 0 Å². The zero-order valence-electron chi connectivity index (χ0n) is 19.7. The summed E-state index contributed by atoms with van der Waals surface area (Å²) in [6.07, 6.45) is 10.6. The van der Waals surface area contributed by atoms with Crippen molar-refractivity contribution < 1.29 is 23.8 Å². The molecule has 180 valence electrons. The van der Waals surface area contributed by atoms with Crippen molar-refractivity contribution in [2.24, 2.45) is 0 Å². The SMILES string of the molecule is C#CCOc1c(I)cc(C2C3=C(CCCC3=O)N(CCCOC)C3=C2C(=O)CCC3)cc1OC. The van der Waals surface area contributed by atoms with E-state index >= 15 is 0 Å². The van der Waals surface area contributed by atoms with Crippen molar-refractivity contribution in [3.8, 4) is 23.8 Å². The maximum Gasteiger partial charge on any atom is 0.175 e. The number of nitrogens with zero attached hydrogens (tertiary/aromatic N) is 1. The Kier molecular flexibility index (Phi) is 7.99. The molecule has 4 rings (SSSR count). The van der Waals surface area contributed by atoms with Crippen LogP contribution in [0.2, 0.25) is 0 Å². The average molecular weight is 575 g/mol. The number of benzene rings is 1. The van der Waals surface area contributed by atoms with Gasteiger partial charge in [-0.15, -0.1) is 6.42 Å². The van der Waals surface area contributed by atoms with Gasteiger partial charge in [-0.05, 0) is 72.4 Å². The molecular formula is C27H30INO5.